The molecule has 2 aromatic heterocycles. The van der Waals surface area contributed by atoms with Gasteiger partial charge in [0, 0.05) is 5.56 Å². The topological polar surface area (TPSA) is 76.4 Å². The van der Waals surface area contributed by atoms with Crippen molar-refractivity contribution in [3.8, 4) is 11.3 Å². The third-order valence-corrected chi connectivity index (χ3v) is 2.89. The first-order valence-corrected chi connectivity index (χ1v) is 5.58. The summed E-state index contributed by atoms with van der Waals surface area (Å²) in [5.74, 6) is 0.453. The normalized spacial score (nSPS) is 10.9. The maximum atomic E-state index is 9.16. The van der Waals surface area contributed by atoms with Crippen LogP contribution in [0.5, 0.6) is 0 Å². The molecule has 0 atom stereocenters. The fraction of sp³-hybridized carbons (Fsp3) is 0.0769. The minimum absolute atomic E-state index is 0.0221. The predicted octanol–water partition coefficient (Wildman–Crippen LogP) is 1.47. The van der Waals surface area contributed by atoms with Gasteiger partial charge in [0.25, 0.3) is 0 Å². The van der Waals surface area contributed by atoms with E-state index in [-0.39, 0.29) is 6.61 Å². The molecule has 0 saturated carbocycles. The van der Waals surface area contributed by atoms with Crippen molar-refractivity contribution in [2.75, 3.05) is 5.73 Å². The number of benzene rings is 1. The van der Waals surface area contributed by atoms with Crippen LogP contribution in [0, 0.1) is 0 Å². The SMILES string of the molecule is Nc1ncnn2c(-c3cccc(CO)c3)ccc12. The molecule has 5 nitrogen and oxygen atoms in total. The lowest BCUT2D eigenvalue weighted by atomic mass is 10.1. The highest BCUT2D eigenvalue weighted by Crippen LogP contribution is 2.24. The van der Waals surface area contributed by atoms with Crippen molar-refractivity contribution in [3.63, 3.8) is 0 Å². The highest BCUT2D eigenvalue weighted by molar-refractivity contribution is 5.73. The number of nitrogens with zero attached hydrogens (tertiary/aromatic N) is 3. The Morgan fingerprint density at radius 2 is 2.11 bits per heavy atom. The molecule has 0 saturated heterocycles. The second kappa shape index (κ2) is 4.12. The summed E-state index contributed by atoms with van der Waals surface area (Å²) < 4.78 is 1.75. The lowest BCUT2D eigenvalue weighted by Crippen LogP contribution is -1.99. The molecular formula is C13H12N4O. The zero-order valence-corrected chi connectivity index (χ0v) is 9.61. The molecule has 0 spiro atoms. The number of aliphatic hydroxyl groups excluding tert-OH is 1. The third-order valence-electron chi connectivity index (χ3n) is 2.89. The van der Waals surface area contributed by atoms with Crippen molar-refractivity contribution in [1.29, 1.82) is 0 Å². The minimum Gasteiger partial charge on any atom is -0.392 e. The number of anilines is 1. The smallest absolute Gasteiger partial charge is 0.151 e. The summed E-state index contributed by atoms with van der Waals surface area (Å²) in [6.07, 6.45) is 1.43. The maximum Gasteiger partial charge on any atom is 0.151 e. The van der Waals surface area contributed by atoms with Crippen molar-refractivity contribution in [3.05, 3.63) is 48.3 Å². The molecule has 0 aliphatic rings. The molecule has 3 N–H and O–H groups in total. The van der Waals surface area contributed by atoms with Gasteiger partial charge < -0.3 is 10.8 Å². The second-order valence-corrected chi connectivity index (χ2v) is 4.02. The summed E-state index contributed by atoms with van der Waals surface area (Å²) in [6.45, 7) is 0.0221. The maximum absolute atomic E-state index is 9.16. The van der Waals surface area contributed by atoms with E-state index in [1.54, 1.807) is 4.52 Å². The Morgan fingerprint density at radius 3 is 2.94 bits per heavy atom. The number of fused-ring (bicyclic) bond motifs is 1. The van der Waals surface area contributed by atoms with Gasteiger partial charge in [-0.1, -0.05) is 18.2 Å². The Morgan fingerprint density at radius 1 is 1.22 bits per heavy atom. The van der Waals surface area contributed by atoms with Crippen LogP contribution in [0.15, 0.2) is 42.7 Å². The minimum atomic E-state index is 0.0221. The Hall–Kier alpha value is -2.40. The zero-order chi connectivity index (χ0) is 12.5. The summed E-state index contributed by atoms with van der Waals surface area (Å²) in [5.41, 5.74) is 9.35. The number of hydrogen-bond donors (Lipinski definition) is 2. The molecule has 0 radical (unpaired) electrons. The van der Waals surface area contributed by atoms with E-state index in [1.165, 1.54) is 6.33 Å². The van der Waals surface area contributed by atoms with Crippen LogP contribution < -0.4 is 5.73 Å². The quantitative estimate of drug-likeness (QED) is 0.711. The van der Waals surface area contributed by atoms with Gasteiger partial charge in [-0.2, -0.15) is 5.10 Å². The molecular weight excluding hydrogens is 228 g/mol. The first-order chi connectivity index (χ1) is 8.79. The van der Waals surface area contributed by atoms with Gasteiger partial charge in [-0.15, -0.1) is 0 Å². The van der Waals surface area contributed by atoms with Crippen LogP contribution >= 0.6 is 0 Å². The lowest BCUT2D eigenvalue weighted by Gasteiger charge is -2.04. The molecule has 0 fully saturated rings. The van der Waals surface area contributed by atoms with Gasteiger partial charge in [-0.05, 0) is 23.8 Å². The van der Waals surface area contributed by atoms with Gasteiger partial charge in [0.15, 0.2) is 5.82 Å². The van der Waals surface area contributed by atoms with Crippen LogP contribution in [-0.2, 0) is 6.61 Å². The van der Waals surface area contributed by atoms with Crippen molar-refractivity contribution >= 4 is 11.3 Å². The highest BCUT2D eigenvalue weighted by atomic mass is 16.3. The summed E-state index contributed by atoms with van der Waals surface area (Å²) in [7, 11) is 0. The van der Waals surface area contributed by atoms with Crippen LogP contribution in [0.25, 0.3) is 16.8 Å². The Labute approximate surface area is 104 Å². The number of hydrogen-bond acceptors (Lipinski definition) is 4. The Kier molecular flexibility index (Phi) is 2.46. The standard InChI is InChI=1S/C13H12N4O/c14-13-12-5-4-11(17(12)16-8-15-13)10-3-1-2-9(6-10)7-18/h1-6,8,18H,7H2,(H2,14,15,16). The second-order valence-electron chi connectivity index (χ2n) is 4.02. The van der Waals surface area contributed by atoms with Gasteiger partial charge >= 0.3 is 0 Å². The third kappa shape index (κ3) is 1.61. The van der Waals surface area contributed by atoms with Gasteiger partial charge in [-0.25, -0.2) is 9.50 Å². The average molecular weight is 240 g/mol. The van der Waals surface area contributed by atoms with E-state index in [1.807, 2.05) is 36.4 Å². The van der Waals surface area contributed by atoms with Crippen molar-refractivity contribution in [2.24, 2.45) is 0 Å². The molecule has 5 heteroatoms. The van der Waals surface area contributed by atoms with Crippen molar-refractivity contribution < 1.29 is 5.11 Å². The molecule has 18 heavy (non-hydrogen) atoms. The van der Waals surface area contributed by atoms with Gasteiger partial charge in [0.1, 0.15) is 11.8 Å². The first kappa shape index (κ1) is 10.7. The molecule has 90 valence electrons. The number of aliphatic hydroxyl groups is 1. The monoisotopic (exact) mass is 240 g/mol. The van der Waals surface area contributed by atoms with E-state index in [2.05, 4.69) is 10.1 Å². The summed E-state index contributed by atoms with van der Waals surface area (Å²) in [4.78, 5) is 3.95. The summed E-state index contributed by atoms with van der Waals surface area (Å²) in [6, 6.07) is 11.5. The molecule has 2 heterocycles. The van der Waals surface area contributed by atoms with E-state index >= 15 is 0 Å². The molecule has 0 bridgehead atoms. The van der Waals surface area contributed by atoms with Crippen LogP contribution in [0.1, 0.15) is 5.56 Å². The molecule has 0 amide bonds. The van der Waals surface area contributed by atoms with Gasteiger partial charge in [0.05, 0.1) is 12.3 Å². The summed E-state index contributed by atoms with van der Waals surface area (Å²) >= 11 is 0. The zero-order valence-electron chi connectivity index (χ0n) is 9.61. The predicted molar refractivity (Wildman–Crippen MR) is 68.8 cm³/mol. The fourth-order valence-electron chi connectivity index (χ4n) is 2.00. The van der Waals surface area contributed by atoms with Crippen LogP contribution in [-0.4, -0.2) is 19.7 Å². The highest BCUT2D eigenvalue weighted by Gasteiger charge is 2.08. The van der Waals surface area contributed by atoms with E-state index in [0.29, 0.717) is 5.82 Å². The lowest BCUT2D eigenvalue weighted by molar-refractivity contribution is 0.282. The number of nitrogen functional groups attached to an aromatic ring is 1. The van der Waals surface area contributed by atoms with Crippen LogP contribution in [0.3, 0.4) is 0 Å². The molecule has 0 unspecified atom stereocenters. The number of nitrogens with two attached hydrogens (primary N) is 1. The Bertz CT molecular complexity index is 705. The van der Waals surface area contributed by atoms with Crippen molar-refractivity contribution in [1.82, 2.24) is 14.6 Å². The van der Waals surface area contributed by atoms with E-state index < -0.39 is 0 Å². The summed E-state index contributed by atoms with van der Waals surface area (Å²) in [5, 5.41) is 13.4. The van der Waals surface area contributed by atoms with E-state index in [0.717, 1.165) is 22.3 Å². The van der Waals surface area contributed by atoms with Gasteiger partial charge in [0.2, 0.25) is 0 Å². The van der Waals surface area contributed by atoms with E-state index in [9.17, 15) is 0 Å². The van der Waals surface area contributed by atoms with Crippen molar-refractivity contribution in [2.45, 2.75) is 6.61 Å². The van der Waals surface area contributed by atoms with Crippen LogP contribution in [0.2, 0.25) is 0 Å². The average Bonchev–Trinajstić information content (AvgIpc) is 2.84. The molecule has 0 aliphatic carbocycles. The molecule has 1 aromatic carbocycles. The van der Waals surface area contributed by atoms with Gasteiger partial charge in [-0.3, -0.25) is 0 Å². The fourth-order valence-corrected chi connectivity index (χ4v) is 2.00. The molecule has 0 aliphatic heterocycles. The Balaban J connectivity index is 2.22. The molecule has 3 rings (SSSR count). The largest absolute Gasteiger partial charge is 0.392 e. The first-order valence-electron chi connectivity index (χ1n) is 5.58. The van der Waals surface area contributed by atoms with E-state index in [4.69, 9.17) is 10.8 Å². The molecule has 3 aromatic rings. The number of rotatable bonds is 2. The number of aromatic nitrogens is 3. The van der Waals surface area contributed by atoms with Crippen LogP contribution in [0.4, 0.5) is 5.82 Å².